The van der Waals surface area contributed by atoms with Crippen molar-refractivity contribution in [2.75, 3.05) is 5.73 Å². The molecule has 128 valence electrons. The Hall–Kier alpha value is -2.00. The van der Waals surface area contributed by atoms with E-state index in [1.807, 2.05) is 24.3 Å². The van der Waals surface area contributed by atoms with Crippen molar-refractivity contribution < 1.29 is 4.79 Å². The van der Waals surface area contributed by atoms with Gasteiger partial charge in [0.25, 0.3) is 0 Å². The average Bonchev–Trinajstić information content (AvgIpc) is 2.55. The lowest BCUT2D eigenvalue weighted by molar-refractivity contribution is -0.121. The third-order valence-electron chi connectivity index (χ3n) is 4.61. The van der Waals surface area contributed by atoms with Gasteiger partial charge in [-0.25, -0.2) is 0 Å². The van der Waals surface area contributed by atoms with Gasteiger partial charge in [0, 0.05) is 5.69 Å². The number of hydrogen-bond acceptors (Lipinski definition) is 2. The second kappa shape index (κ2) is 8.20. The minimum atomic E-state index is 0. The van der Waals surface area contributed by atoms with E-state index < -0.39 is 0 Å². The predicted molar refractivity (Wildman–Crippen MR) is 101 cm³/mol. The molecule has 0 heterocycles. The van der Waals surface area contributed by atoms with E-state index in [4.69, 9.17) is 5.73 Å². The van der Waals surface area contributed by atoms with Gasteiger partial charge in [-0.2, -0.15) is 0 Å². The van der Waals surface area contributed by atoms with Crippen LogP contribution in [-0.4, -0.2) is 5.91 Å². The number of fused-ring (bicyclic) bond motifs is 1. The lowest BCUT2D eigenvalue weighted by Crippen LogP contribution is -2.32. The Morgan fingerprint density at radius 2 is 1.88 bits per heavy atom. The molecule has 2 aromatic rings. The van der Waals surface area contributed by atoms with Crippen LogP contribution in [0.1, 0.15) is 48.1 Å². The fourth-order valence-corrected chi connectivity index (χ4v) is 3.31. The zero-order valence-corrected chi connectivity index (χ0v) is 14.9. The maximum Gasteiger partial charge on any atom is 0.224 e. The highest BCUT2D eigenvalue weighted by Gasteiger charge is 2.21. The second-order valence-corrected chi connectivity index (χ2v) is 6.32. The van der Waals surface area contributed by atoms with E-state index >= 15 is 0 Å². The molecule has 0 saturated heterocycles. The molecule has 0 aliphatic heterocycles. The molecule has 1 aliphatic rings. The van der Waals surface area contributed by atoms with Gasteiger partial charge in [0.2, 0.25) is 5.91 Å². The van der Waals surface area contributed by atoms with Crippen molar-refractivity contribution in [3.8, 4) is 0 Å². The maximum absolute atomic E-state index is 12.4. The monoisotopic (exact) mass is 344 g/mol. The first kappa shape index (κ1) is 18.3. The Labute approximate surface area is 150 Å². The van der Waals surface area contributed by atoms with E-state index in [0.29, 0.717) is 6.42 Å². The molecule has 0 fully saturated rings. The Morgan fingerprint density at radius 1 is 1.17 bits per heavy atom. The molecule has 4 heteroatoms. The summed E-state index contributed by atoms with van der Waals surface area (Å²) in [4.78, 5) is 12.4. The van der Waals surface area contributed by atoms with E-state index in [1.165, 1.54) is 16.7 Å². The van der Waals surface area contributed by atoms with E-state index in [1.54, 1.807) is 0 Å². The topological polar surface area (TPSA) is 55.1 Å². The normalized spacial score (nSPS) is 16.0. The summed E-state index contributed by atoms with van der Waals surface area (Å²) in [6, 6.07) is 14.4. The first-order chi connectivity index (χ1) is 11.2. The van der Waals surface area contributed by atoms with Crippen molar-refractivity contribution in [3.63, 3.8) is 0 Å². The van der Waals surface area contributed by atoms with E-state index in [2.05, 4.69) is 30.4 Å². The van der Waals surface area contributed by atoms with Crippen LogP contribution in [0.3, 0.4) is 0 Å². The fourth-order valence-electron chi connectivity index (χ4n) is 3.31. The van der Waals surface area contributed by atoms with Crippen molar-refractivity contribution in [3.05, 3.63) is 64.7 Å². The quantitative estimate of drug-likeness (QED) is 0.824. The molecule has 0 spiro atoms. The molecule has 3 nitrogen and oxygen atoms in total. The molecule has 1 unspecified atom stereocenters. The molecule has 3 N–H and O–H groups in total. The number of rotatable bonds is 4. The van der Waals surface area contributed by atoms with Crippen molar-refractivity contribution in [2.45, 2.75) is 45.1 Å². The van der Waals surface area contributed by atoms with Gasteiger partial charge in [-0.15, -0.1) is 12.4 Å². The number of halogens is 1. The van der Waals surface area contributed by atoms with Crippen LogP contribution in [-0.2, 0) is 24.1 Å². The first-order valence-electron chi connectivity index (χ1n) is 8.41. The Kier molecular flexibility index (Phi) is 6.27. The lowest BCUT2D eigenvalue weighted by Gasteiger charge is -2.26. The second-order valence-electron chi connectivity index (χ2n) is 6.32. The number of nitrogens with one attached hydrogen (secondary N) is 1. The van der Waals surface area contributed by atoms with Crippen molar-refractivity contribution in [2.24, 2.45) is 0 Å². The smallest absolute Gasteiger partial charge is 0.224 e. The molecule has 1 aliphatic carbocycles. The van der Waals surface area contributed by atoms with Crippen molar-refractivity contribution in [1.82, 2.24) is 5.32 Å². The summed E-state index contributed by atoms with van der Waals surface area (Å²) in [6.07, 6.45) is 4.59. The third kappa shape index (κ3) is 4.30. The minimum Gasteiger partial charge on any atom is -0.399 e. The number of amides is 1. The van der Waals surface area contributed by atoms with Gasteiger partial charge in [0.05, 0.1) is 12.5 Å². The zero-order valence-electron chi connectivity index (χ0n) is 14.0. The van der Waals surface area contributed by atoms with Crippen LogP contribution < -0.4 is 11.1 Å². The highest BCUT2D eigenvalue weighted by molar-refractivity contribution is 5.85. The molecule has 0 saturated carbocycles. The van der Waals surface area contributed by atoms with Gasteiger partial charge in [0.15, 0.2) is 0 Å². The number of hydrogen-bond donors (Lipinski definition) is 2. The van der Waals surface area contributed by atoms with Crippen LogP contribution in [0.5, 0.6) is 0 Å². The van der Waals surface area contributed by atoms with Gasteiger partial charge < -0.3 is 11.1 Å². The molecule has 2 aromatic carbocycles. The van der Waals surface area contributed by atoms with Crippen LogP contribution in [0.25, 0.3) is 0 Å². The number of benzene rings is 2. The summed E-state index contributed by atoms with van der Waals surface area (Å²) < 4.78 is 0. The average molecular weight is 345 g/mol. The van der Waals surface area contributed by atoms with E-state index in [-0.39, 0.29) is 24.4 Å². The molecule has 0 bridgehead atoms. The van der Waals surface area contributed by atoms with Crippen LogP contribution in [0.15, 0.2) is 42.5 Å². The van der Waals surface area contributed by atoms with E-state index in [0.717, 1.165) is 36.9 Å². The fraction of sp³-hybridized carbons (Fsp3) is 0.350. The zero-order chi connectivity index (χ0) is 16.2. The van der Waals surface area contributed by atoms with Crippen LogP contribution >= 0.6 is 12.4 Å². The summed E-state index contributed by atoms with van der Waals surface area (Å²) in [5.74, 6) is 0.0870. The minimum absolute atomic E-state index is 0. The lowest BCUT2D eigenvalue weighted by atomic mass is 9.87. The number of aryl methyl sites for hydroxylation is 2. The van der Waals surface area contributed by atoms with Crippen LogP contribution in [0.2, 0.25) is 0 Å². The standard InChI is InChI=1S/C20H24N2O.ClH/c1-2-14-6-8-15(9-7-14)12-20(23)22-19-5-3-4-16-13-17(21)10-11-18(16)19;/h6-11,13,19H,2-5,12,21H2,1H3,(H,22,23);1H. The predicted octanol–water partition coefficient (Wildman–Crippen LogP) is 3.99. The summed E-state index contributed by atoms with van der Waals surface area (Å²) >= 11 is 0. The van der Waals surface area contributed by atoms with Gasteiger partial charge in [-0.05, 0) is 60.1 Å². The molecule has 0 aromatic heterocycles. The molecule has 1 amide bonds. The van der Waals surface area contributed by atoms with Crippen molar-refractivity contribution in [1.29, 1.82) is 0 Å². The molecule has 1 atom stereocenters. The SMILES string of the molecule is CCc1ccc(CC(=O)NC2CCCc3cc(N)ccc32)cc1.Cl. The van der Waals surface area contributed by atoms with Gasteiger partial charge in [0.1, 0.15) is 0 Å². The van der Waals surface area contributed by atoms with Crippen molar-refractivity contribution >= 4 is 24.0 Å². The number of carbonyl (C=O) groups is 1. The molecule has 24 heavy (non-hydrogen) atoms. The summed E-state index contributed by atoms with van der Waals surface area (Å²) in [6.45, 7) is 2.13. The number of anilines is 1. The summed E-state index contributed by atoms with van der Waals surface area (Å²) in [7, 11) is 0. The Bertz CT molecular complexity index is 697. The highest BCUT2D eigenvalue weighted by atomic mass is 35.5. The van der Waals surface area contributed by atoms with Gasteiger partial charge in [-0.1, -0.05) is 37.3 Å². The maximum atomic E-state index is 12.4. The summed E-state index contributed by atoms with van der Waals surface area (Å²) in [5, 5.41) is 3.19. The molecular formula is C20H25ClN2O. The highest BCUT2D eigenvalue weighted by Crippen LogP contribution is 2.31. The van der Waals surface area contributed by atoms with E-state index in [9.17, 15) is 4.79 Å². The molecule has 3 rings (SSSR count). The van der Waals surface area contributed by atoms with Crippen LogP contribution in [0.4, 0.5) is 5.69 Å². The Balaban J connectivity index is 0.00000208. The molecular weight excluding hydrogens is 320 g/mol. The Morgan fingerprint density at radius 3 is 2.58 bits per heavy atom. The number of carbonyl (C=O) groups excluding carboxylic acids is 1. The largest absolute Gasteiger partial charge is 0.399 e. The van der Waals surface area contributed by atoms with Gasteiger partial charge in [-0.3, -0.25) is 4.79 Å². The number of nitrogen functional groups attached to an aromatic ring is 1. The van der Waals surface area contributed by atoms with Gasteiger partial charge >= 0.3 is 0 Å². The summed E-state index contributed by atoms with van der Waals surface area (Å²) in [5.41, 5.74) is 11.5. The third-order valence-corrected chi connectivity index (χ3v) is 4.61. The first-order valence-corrected chi connectivity index (χ1v) is 8.41. The molecule has 0 radical (unpaired) electrons. The van der Waals surface area contributed by atoms with Crippen LogP contribution in [0, 0.1) is 0 Å². The number of nitrogens with two attached hydrogens (primary N) is 1.